The molecule has 7 heteroatoms. The minimum absolute atomic E-state index is 0.265. The third kappa shape index (κ3) is 3.06. The van der Waals surface area contributed by atoms with Gasteiger partial charge in [0.15, 0.2) is 0 Å². The van der Waals surface area contributed by atoms with Crippen LogP contribution in [-0.2, 0) is 14.3 Å². The lowest BCUT2D eigenvalue weighted by Gasteiger charge is -2.18. The highest BCUT2D eigenvalue weighted by Gasteiger charge is 2.41. The number of rotatable bonds is 4. The molecule has 1 unspecified atom stereocenters. The van der Waals surface area contributed by atoms with Gasteiger partial charge in [-0.1, -0.05) is 30.3 Å². The number of methoxy groups -OCH3 is 2. The van der Waals surface area contributed by atoms with Gasteiger partial charge in [0.1, 0.15) is 11.8 Å². The fraction of sp³-hybridized carbons (Fsp3) is 0.211. The maximum absolute atomic E-state index is 12.6. The number of carbonyl (C=O) groups excluding carboxylic acids is 3. The maximum Gasteiger partial charge on any atom is 0.328 e. The summed E-state index contributed by atoms with van der Waals surface area (Å²) in [5.41, 5.74) is 0.789. The molecule has 6 nitrogen and oxygen atoms in total. The molecule has 0 aliphatic carbocycles. The summed E-state index contributed by atoms with van der Waals surface area (Å²) in [5.74, 6) is -0.411. The van der Waals surface area contributed by atoms with Crippen molar-refractivity contribution < 1.29 is 23.9 Å². The van der Waals surface area contributed by atoms with E-state index in [4.69, 9.17) is 4.74 Å². The van der Waals surface area contributed by atoms with Crippen molar-refractivity contribution >= 4 is 45.7 Å². The lowest BCUT2D eigenvalue weighted by Crippen LogP contribution is -2.42. The summed E-state index contributed by atoms with van der Waals surface area (Å²) in [4.78, 5) is 37.7. The monoisotopic (exact) mass is 371 g/mol. The Bertz CT molecular complexity index is 937. The van der Waals surface area contributed by atoms with Gasteiger partial charge >= 0.3 is 5.97 Å². The fourth-order valence-electron chi connectivity index (χ4n) is 2.83. The number of ether oxygens (including phenoxy) is 2. The molecule has 1 aliphatic rings. The van der Waals surface area contributed by atoms with E-state index in [0.29, 0.717) is 0 Å². The van der Waals surface area contributed by atoms with Crippen LogP contribution in [0.25, 0.3) is 16.8 Å². The van der Waals surface area contributed by atoms with Crippen molar-refractivity contribution in [1.82, 2.24) is 4.90 Å². The Balaban J connectivity index is 2.02. The smallest absolute Gasteiger partial charge is 0.328 e. The number of benzene rings is 2. The van der Waals surface area contributed by atoms with E-state index in [1.807, 2.05) is 36.4 Å². The largest absolute Gasteiger partial charge is 0.496 e. The highest BCUT2D eigenvalue weighted by atomic mass is 32.2. The van der Waals surface area contributed by atoms with E-state index in [1.54, 1.807) is 13.2 Å². The van der Waals surface area contributed by atoms with E-state index in [9.17, 15) is 14.4 Å². The van der Waals surface area contributed by atoms with Crippen LogP contribution in [0.2, 0.25) is 0 Å². The summed E-state index contributed by atoms with van der Waals surface area (Å²) in [5, 5.41) is 1.32. The van der Waals surface area contributed by atoms with Gasteiger partial charge in [0.05, 0.1) is 19.1 Å². The maximum atomic E-state index is 12.6. The molecule has 2 aromatic carbocycles. The summed E-state index contributed by atoms with van der Waals surface area (Å²) < 4.78 is 10.0. The fourth-order valence-corrected chi connectivity index (χ4v) is 3.73. The zero-order valence-electron chi connectivity index (χ0n) is 14.5. The summed E-state index contributed by atoms with van der Waals surface area (Å²) in [6, 6.07) is 10.3. The van der Waals surface area contributed by atoms with Gasteiger partial charge in [0.2, 0.25) is 0 Å². The minimum atomic E-state index is -0.967. The lowest BCUT2D eigenvalue weighted by molar-refractivity contribution is -0.148. The van der Waals surface area contributed by atoms with Crippen molar-refractivity contribution in [2.45, 2.75) is 13.0 Å². The van der Waals surface area contributed by atoms with Crippen LogP contribution in [0, 0.1) is 0 Å². The minimum Gasteiger partial charge on any atom is -0.496 e. The molecule has 2 amide bonds. The van der Waals surface area contributed by atoms with Gasteiger partial charge in [-0.25, -0.2) is 4.79 Å². The van der Waals surface area contributed by atoms with Gasteiger partial charge in [-0.15, -0.1) is 0 Å². The Labute approximate surface area is 154 Å². The van der Waals surface area contributed by atoms with Crippen molar-refractivity contribution in [1.29, 1.82) is 0 Å². The molecule has 0 aromatic heterocycles. The molecule has 3 rings (SSSR count). The number of hydrogen-bond acceptors (Lipinski definition) is 6. The first-order valence-electron chi connectivity index (χ1n) is 7.88. The van der Waals surface area contributed by atoms with E-state index in [-0.39, 0.29) is 4.91 Å². The number of carbonyl (C=O) groups is 3. The van der Waals surface area contributed by atoms with Gasteiger partial charge in [0.25, 0.3) is 11.1 Å². The van der Waals surface area contributed by atoms with Crippen LogP contribution in [-0.4, -0.2) is 42.3 Å². The number of fused-ring (bicyclic) bond motifs is 1. The summed E-state index contributed by atoms with van der Waals surface area (Å²) in [6.07, 6.45) is 1.66. The first kappa shape index (κ1) is 18.0. The molecular weight excluding hydrogens is 354 g/mol. The van der Waals surface area contributed by atoms with Crippen LogP contribution in [0.5, 0.6) is 5.75 Å². The van der Waals surface area contributed by atoms with Crippen LogP contribution in [0.1, 0.15) is 12.5 Å². The molecule has 0 N–H and O–H groups in total. The third-order valence-corrected chi connectivity index (χ3v) is 5.06. The van der Waals surface area contributed by atoms with E-state index < -0.39 is 23.2 Å². The molecule has 26 heavy (non-hydrogen) atoms. The molecule has 2 aromatic rings. The quantitative estimate of drug-likeness (QED) is 0.605. The molecule has 134 valence electrons. The van der Waals surface area contributed by atoms with Crippen LogP contribution in [0.3, 0.4) is 0 Å². The molecule has 1 atom stereocenters. The first-order valence-corrected chi connectivity index (χ1v) is 8.70. The Kier molecular flexibility index (Phi) is 4.99. The zero-order valence-corrected chi connectivity index (χ0v) is 15.3. The third-order valence-electron chi connectivity index (χ3n) is 4.18. The molecule has 1 heterocycles. The Morgan fingerprint density at radius 2 is 1.81 bits per heavy atom. The van der Waals surface area contributed by atoms with Crippen LogP contribution in [0.15, 0.2) is 41.3 Å². The van der Waals surface area contributed by atoms with Crippen molar-refractivity contribution in [2.24, 2.45) is 0 Å². The summed E-state index contributed by atoms with van der Waals surface area (Å²) in [7, 11) is 2.82. The second kappa shape index (κ2) is 7.21. The summed E-state index contributed by atoms with van der Waals surface area (Å²) in [6.45, 7) is 1.47. The number of thioether (sulfide) groups is 1. The van der Waals surface area contributed by atoms with Crippen LogP contribution in [0.4, 0.5) is 4.79 Å². The van der Waals surface area contributed by atoms with Gasteiger partial charge < -0.3 is 9.47 Å². The molecule has 0 radical (unpaired) electrons. The molecule has 1 aliphatic heterocycles. The highest BCUT2D eigenvalue weighted by Crippen LogP contribution is 2.36. The number of imide groups is 1. The number of hydrogen-bond donors (Lipinski definition) is 0. The molecular formula is C19H17NO5S. The predicted octanol–water partition coefficient (Wildman–Crippen LogP) is 3.45. The normalized spacial score (nSPS) is 17.0. The molecule has 1 saturated heterocycles. The summed E-state index contributed by atoms with van der Waals surface area (Å²) >= 11 is 0.811. The standard InChI is InChI=1S/C19H17NO5S/c1-11(18(22)25-3)20-17(21)16(26-19(20)23)10-12-8-9-15(24-2)14-7-5-4-6-13(12)14/h4-11H,1-3H3/b16-10+. The van der Waals surface area contributed by atoms with Gasteiger partial charge in [-0.05, 0) is 41.8 Å². The molecule has 1 fully saturated rings. The molecule has 0 bridgehead atoms. The number of nitrogens with zero attached hydrogens (tertiary/aromatic N) is 1. The lowest BCUT2D eigenvalue weighted by atomic mass is 10.0. The highest BCUT2D eigenvalue weighted by molar-refractivity contribution is 8.18. The second-order valence-electron chi connectivity index (χ2n) is 5.65. The Morgan fingerprint density at radius 1 is 1.12 bits per heavy atom. The van der Waals surface area contributed by atoms with Crippen LogP contribution >= 0.6 is 11.8 Å². The SMILES string of the molecule is COC(=O)C(C)N1C(=O)S/C(=C/c2ccc(OC)c3ccccc23)C1=O. The van der Waals surface area contributed by atoms with E-state index in [2.05, 4.69) is 4.74 Å². The van der Waals surface area contributed by atoms with Gasteiger partial charge in [-0.3, -0.25) is 14.5 Å². The average Bonchev–Trinajstić information content (AvgIpc) is 2.94. The van der Waals surface area contributed by atoms with Crippen LogP contribution < -0.4 is 4.74 Å². The Hall–Kier alpha value is -2.80. The van der Waals surface area contributed by atoms with Crippen molar-refractivity contribution in [3.63, 3.8) is 0 Å². The van der Waals surface area contributed by atoms with Gasteiger partial charge in [0, 0.05) is 5.39 Å². The molecule has 0 saturated carbocycles. The zero-order chi connectivity index (χ0) is 18.8. The van der Waals surface area contributed by atoms with Crippen molar-refractivity contribution in [2.75, 3.05) is 14.2 Å². The Morgan fingerprint density at radius 3 is 2.46 bits per heavy atom. The van der Waals surface area contributed by atoms with E-state index in [1.165, 1.54) is 14.0 Å². The van der Waals surface area contributed by atoms with Gasteiger partial charge in [-0.2, -0.15) is 0 Å². The van der Waals surface area contributed by atoms with E-state index in [0.717, 1.165) is 38.7 Å². The predicted molar refractivity (Wildman–Crippen MR) is 99.8 cm³/mol. The van der Waals surface area contributed by atoms with Crippen molar-refractivity contribution in [3.05, 3.63) is 46.9 Å². The topological polar surface area (TPSA) is 72.9 Å². The molecule has 0 spiro atoms. The van der Waals surface area contributed by atoms with Crippen molar-refractivity contribution in [3.8, 4) is 5.75 Å². The number of amides is 2. The second-order valence-corrected chi connectivity index (χ2v) is 6.65. The first-order chi connectivity index (χ1) is 12.5. The average molecular weight is 371 g/mol. The van der Waals surface area contributed by atoms with E-state index >= 15 is 0 Å². The number of esters is 1.